The van der Waals surface area contributed by atoms with Gasteiger partial charge in [-0.1, -0.05) is 0 Å². The summed E-state index contributed by atoms with van der Waals surface area (Å²) < 4.78 is 43.2. The van der Waals surface area contributed by atoms with Crippen molar-refractivity contribution in [3.05, 3.63) is 47.9 Å². The van der Waals surface area contributed by atoms with Gasteiger partial charge in [-0.3, -0.25) is 19.7 Å². The molecule has 4 heterocycles. The van der Waals surface area contributed by atoms with E-state index in [4.69, 9.17) is 19.1 Å². The number of halogens is 3. The predicted octanol–water partition coefficient (Wildman–Crippen LogP) is 2.31. The lowest BCUT2D eigenvalue weighted by atomic mass is 9.91. The van der Waals surface area contributed by atoms with Crippen LogP contribution in [0.5, 0.6) is 0 Å². The number of nitrogens with zero attached hydrogens (tertiary/aromatic N) is 3. The molecule has 3 atom stereocenters. The molecule has 2 aromatic rings. The average Bonchev–Trinajstić information content (AvgIpc) is 3.42. The smallest absolute Gasteiger partial charge is 0.475 e. The molecule has 0 aliphatic carbocycles. The van der Waals surface area contributed by atoms with Crippen LogP contribution in [0.25, 0.3) is 0 Å². The van der Waals surface area contributed by atoms with E-state index in [1.165, 1.54) is 0 Å². The first-order valence-electron chi connectivity index (χ1n) is 10.4. The number of carboxylic acid groups (broad SMARTS) is 1. The van der Waals surface area contributed by atoms with Crippen molar-refractivity contribution in [3.63, 3.8) is 0 Å². The maximum Gasteiger partial charge on any atom is 0.490 e. The van der Waals surface area contributed by atoms with E-state index in [1.807, 2.05) is 19.1 Å². The number of aryl methyl sites for hydroxylation is 1. The Kier molecular flexibility index (Phi) is 8.03. The maximum atomic E-state index is 12.5. The summed E-state index contributed by atoms with van der Waals surface area (Å²) in [5, 5.41) is 10.0. The van der Waals surface area contributed by atoms with E-state index in [2.05, 4.69) is 20.2 Å². The molecule has 2 saturated heterocycles. The van der Waals surface area contributed by atoms with Gasteiger partial charge >= 0.3 is 12.1 Å². The van der Waals surface area contributed by atoms with E-state index in [-0.39, 0.29) is 18.1 Å². The first-order chi connectivity index (χ1) is 15.6. The topological polar surface area (TPSA) is 118 Å². The number of hydrogen-bond acceptors (Lipinski definition) is 7. The molecule has 12 heteroatoms. The van der Waals surface area contributed by atoms with Gasteiger partial charge in [-0.25, -0.2) is 4.79 Å². The van der Waals surface area contributed by atoms with Crippen LogP contribution >= 0.6 is 0 Å². The number of nitrogens with one attached hydrogen (secondary N) is 1. The molecule has 2 aromatic heterocycles. The number of aliphatic carboxylic acids is 1. The number of rotatable bonds is 5. The minimum absolute atomic E-state index is 0.0561. The molecule has 9 nitrogen and oxygen atoms in total. The van der Waals surface area contributed by atoms with Gasteiger partial charge in [0.1, 0.15) is 11.9 Å². The minimum Gasteiger partial charge on any atom is -0.475 e. The van der Waals surface area contributed by atoms with Crippen molar-refractivity contribution in [1.29, 1.82) is 0 Å². The fourth-order valence-corrected chi connectivity index (χ4v) is 3.73. The molecule has 2 aliphatic heterocycles. The van der Waals surface area contributed by atoms with Gasteiger partial charge in [-0.2, -0.15) is 13.2 Å². The van der Waals surface area contributed by atoms with Gasteiger partial charge in [0.25, 0.3) is 0 Å². The number of furan rings is 1. The van der Waals surface area contributed by atoms with Gasteiger partial charge in [0.15, 0.2) is 0 Å². The van der Waals surface area contributed by atoms with E-state index in [1.54, 1.807) is 18.7 Å². The molecule has 2 aliphatic rings. The van der Waals surface area contributed by atoms with Gasteiger partial charge in [-0.05, 0) is 44.4 Å². The number of carbonyl (C=O) groups excluding carboxylic acids is 1. The number of alkyl halides is 3. The summed E-state index contributed by atoms with van der Waals surface area (Å²) in [5.41, 5.74) is 1.62. The van der Waals surface area contributed by atoms with Crippen LogP contribution in [-0.2, 0) is 27.4 Å². The van der Waals surface area contributed by atoms with Crippen molar-refractivity contribution >= 4 is 11.9 Å². The molecule has 0 saturated carbocycles. The summed E-state index contributed by atoms with van der Waals surface area (Å²) in [5.74, 6) is -1.39. The van der Waals surface area contributed by atoms with Crippen LogP contribution in [0, 0.1) is 12.8 Å². The third-order valence-corrected chi connectivity index (χ3v) is 5.41. The van der Waals surface area contributed by atoms with Crippen LogP contribution in [0.2, 0.25) is 0 Å². The van der Waals surface area contributed by atoms with Crippen LogP contribution in [0.4, 0.5) is 13.2 Å². The quantitative estimate of drug-likeness (QED) is 0.684. The number of fused-ring (bicyclic) bond motifs is 1. The standard InChI is InChI=1S/C19H24N4O3.C2HF3O2/c1-13-8-21-15(9-20-13)10-22-19(24)17-7-14-4-5-23(12-18(14)26-17)11-16-3-2-6-25-16;3-2(4,5)1(6)7/h2-3,6,8-9,14,17-18H,4-5,7,10-12H2,1H3,(H,22,24);(H,6,7)/t14-,17-,18+;/m0./s1. The van der Waals surface area contributed by atoms with Gasteiger partial charge in [-0.15, -0.1) is 0 Å². The Labute approximate surface area is 187 Å². The van der Waals surface area contributed by atoms with E-state index >= 15 is 0 Å². The third-order valence-electron chi connectivity index (χ3n) is 5.41. The average molecular weight is 470 g/mol. The maximum absolute atomic E-state index is 12.5. The summed E-state index contributed by atoms with van der Waals surface area (Å²) in [6.07, 6.45) is 1.61. The van der Waals surface area contributed by atoms with Crippen LogP contribution in [0.1, 0.15) is 30.0 Å². The van der Waals surface area contributed by atoms with E-state index in [9.17, 15) is 18.0 Å². The van der Waals surface area contributed by atoms with Crippen LogP contribution in [-0.4, -0.2) is 63.3 Å². The van der Waals surface area contributed by atoms with Gasteiger partial charge in [0.2, 0.25) is 5.91 Å². The number of likely N-dealkylation sites (tertiary alicyclic amines) is 1. The van der Waals surface area contributed by atoms with Crippen molar-refractivity contribution in [1.82, 2.24) is 20.2 Å². The Balaban J connectivity index is 0.000000383. The fraction of sp³-hybridized carbons (Fsp3) is 0.524. The summed E-state index contributed by atoms with van der Waals surface area (Å²) >= 11 is 0. The molecule has 1 amide bonds. The number of carbonyl (C=O) groups is 2. The molecule has 0 aromatic carbocycles. The monoisotopic (exact) mass is 470 g/mol. The zero-order chi connectivity index (χ0) is 24.0. The lowest BCUT2D eigenvalue weighted by Gasteiger charge is -2.33. The first-order valence-corrected chi connectivity index (χ1v) is 10.4. The van der Waals surface area contributed by atoms with Crippen LogP contribution in [0.15, 0.2) is 35.2 Å². The fourth-order valence-electron chi connectivity index (χ4n) is 3.73. The number of amides is 1. The number of piperidine rings is 1. The molecule has 180 valence electrons. The number of ether oxygens (including phenoxy) is 1. The second-order valence-electron chi connectivity index (χ2n) is 7.93. The number of carboxylic acids is 1. The Morgan fingerprint density at radius 2 is 2.06 bits per heavy atom. The highest BCUT2D eigenvalue weighted by atomic mass is 19.4. The summed E-state index contributed by atoms with van der Waals surface area (Å²) in [6.45, 7) is 4.92. The zero-order valence-corrected chi connectivity index (χ0v) is 17.9. The zero-order valence-electron chi connectivity index (χ0n) is 17.9. The van der Waals surface area contributed by atoms with Crippen molar-refractivity contribution in [2.24, 2.45) is 5.92 Å². The van der Waals surface area contributed by atoms with E-state index < -0.39 is 12.1 Å². The lowest BCUT2D eigenvalue weighted by molar-refractivity contribution is -0.192. The Morgan fingerprint density at radius 1 is 1.30 bits per heavy atom. The SMILES string of the molecule is Cc1cnc(CNC(=O)[C@@H]2C[C@@H]3CCN(Cc4ccco4)C[C@H]3O2)cn1.O=C(O)C(F)(F)F. The highest BCUT2D eigenvalue weighted by Crippen LogP contribution is 2.33. The van der Waals surface area contributed by atoms with Crippen molar-refractivity contribution < 1.29 is 37.0 Å². The van der Waals surface area contributed by atoms with Gasteiger partial charge in [0.05, 0.1) is 43.0 Å². The summed E-state index contributed by atoms with van der Waals surface area (Å²) in [7, 11) is 0. The molecule has 2 fully saturated rings. The lowest BCUT2D eigenvalue weighted by Crippen LogP contribution is -2.42. The molecule has 0 bridgehead atoms. The van der Waals surface area contributed by atoms with E-state index in [0.717, 1.165) is 49.6 Å². The molecule has 0 spiro atoms. The molecule has 2 N–H and O–H groups in total. The van der Waals surface area contributed by atoms with Crippen LogP contribution < -0.4 is 5.32 Å². The van der Waals surface area contributed by atoms with Gasteiger partial charge < -0.3 is 19.6 Å². The Morgan fingerprint density at radius 3 is 2.67 bits per heavy atom. The normalized spacial score (nSPS) is 22.7. The Hall–Kier alpha value is -2.99. The predicted molar refractivity (Wildman–Crippen MR) is 108 cm³/mol. The second kappa shape index (κ2) is 10.8. The van der Waals surface area contributed by atoms with Gasteiger partial charge in [0, 0.05) is 12.7 Å². The Bertz CT molecular complexity index is 921. The molecular weight excluding hydrogens is 445 g/mol. The number of aromatic nitrogens is 2. The summed E-state index contributed by atoms with van der Waals surface area (Å²) in [4.78, 5) is 32.1. The number of hydrogen-bond donors (Lipinski definition) is 2. The van der Waals surface area contributed by atoms with Crippen molar-refractivity contribution in [2.75, 3.05) is 13.1 Å². The van der Waals surface area contributed by atoms with Crippen LogP contribution in [0.3, 0.4) is 0 Å². The molecular formula is C21H25F3N4O5. The molecule has 33 heavy (non-hydrogen) atoms. The highest BCUT2D eigenvalue weighted by Gasteiger charge is 2.42. The van der Waals surface area contributed by atoms with Crippen molar-refractivity contribution in [2.45, 2.75) is 51.2 Å². The van der Waals surface area contributed by atoms with E-state index in [0.29, 0.717) is 12.5 Å². The second-order valence-corrected chi connectivity index (χ2v) is 7.93. The first kappa shape index (κ1) is 24.6. The minimum atomic E-state index is -5.08. The summed E-state index contributed by atoms with van der Waals surface area (Å²) in [6, 6.07) is 3.90. The van der Waals surface area contributed by atoms with Crippen molar-refractivity contribution in [3.8, 4) is 0 Å². The molecule has 4 rings (SSSR count). The highest BCUT2D eigenvalue weighted by molar-refractivity contribution is 5.81. The molecule has 0 radical (unpaired) electrons. The molecule has 0 unspecified atom stereocenters. The third kappa shape index (κ3) is 7.26. The largest absolute Gasteiger partial charge is 0.490 e.